The van der Waals surface area contributed by atoms with Crippen LogP contribution in [0.15, 0.2) is 11.4 Å². The maximum absolute atomic E-state index is 8.66. The Morgan fingerprint density at radius 3 is 2.21 bits per heavy atom. The van der Waals surface area contributed by atoms with E-state index < -0.39 is 22.8 Å². The third-order valence-electron chi connectivity index (χ3n) is 1.50. The minimum absolute atomic E-state index is 0.470. The van der Waals surface area contributed by atoms with Gasteiger partial charge < -0.3 is 22.0 Å². The van der Waals surface area contributed by atoms with Crippen molar-refractivity contribution in [3.8, 4) is 12.1 Å². The second-order valence-corrected chi connectivity index (χ2v) is 2.32. The summed E-state index contributed by atoms with van der Waals surface area (Å²) in [5.74, 6) is -0.782. The number of nitrogens with zero attached hydrogens (tertiary/aromatic N) is 3. The van der Waals surface area contributed by atoms with Crippen LogP contribution in [0, 0.1) is 34.6 Å². The van der Waals surface area contributed by atoms with Crippen molar-refractivity contribution in [3.63, 3.8) is 0 Å². The van der Waals surface area contributed by atoms with Crippen LogP contribution in [-0.4, -0.2) is 11.4 Å². The molecule has 0 aliphatic carbocycles. The highest BCUT2D eigenvalue weighted by Gasteiger charge is 2.36. The maximum Gasteiger partial charge on any atom is 0.278 e. The van der Waals surface area contributed by atoms with Crippen molar-refractivity contribution >= 4 is 5.84 Å². The SMILES string of the molecule is [C-]#[N+]C(=N)C(N)(C#N)/C(N)=C(/N)C#N. The Hall–Kier alpha value is -2.56. The van der Waals surface area contributed by atoms with Crippen LogP contribution in [0.3, 0.4) is 0 Å². The zero-order chi connectivity index (χ0) is 11.4. The van der Waals surface area contributed by atoms with E-state index in [-0.39, 0.29) is 0 Å². The van der Waals surface area contributed by atoms with E-state index in [9.17, 15) is 0 Å². The number of hydrogen-bond donors (Lipinski definition) is 4. The molecule has 0 saturated heterocycles. The Morgan fingerprint density at radius 1 is 1.43 bits per heavy atom. The maximum atomic E-state index is 8.66. The first-order valence-corrected chi connectivity index (χ1v) is 3.26. The molecule has 14 heavy (non-hydrogen) atoms. The van der Waals surface area contributed by atoms with Gasteiger partial charge in [0.05, 0.1) is 11.8 Å². The van der Waals surface area contributed by atoms with Gasteiger partial charge in [-0.1, -0.05) is 6.57 Å². The molecule has 0 aliphatic heterocycles. The number of nitrogens with one attached hydrogen (secondary N) is 1. The lowest BCUT2D eigenvalue weighted by Crippen LogP contribution is -2.50. The van der Waals surface area contributed by atoms with Crippen LogP contribution in [0.25, 0.3) is 4.85 Å². The van der Waals surface area contributed by atoms with Crippen molar-refractivity contribution in [3.05, 3.63) is 22.8 Å². The molecule has 7 heteroatoms. The molecule has 0 aromatic carbocycles. The fourth-order valence-corrected chi connectivity index (χ4v) is 0.602. The summed E-state index contributed by atoms with van der Waals surface area (Å²) in [6.07, 6.45) is 0. The average molecular weight is 189 g/mol. The summed E-state index contributed by atoms with van der Waals surface area (Å²) in [6.45, 7) is 6.53. The topological polar surface area (TPSA) is 154 Å². The zero-order valence-corrected chi connectivity index (χ0v) is 7.07. The highest BCUT2D eigenvalue weighted by Crippen LogP contribution is 2.12. The first-order chi connectivity index (χ1) is 6.43. The first-order valence-electron chi connectivity index (χ1n) is 3.26. The molecule has 0 aliphatic rings. The lowest BCUT2D eigenvalue weighted by atomic mass is 9.96. The first kappa shape index (κ1) is 11.4. The van der Waals surface area contributed by atoms with Crippen LogP contribution >= 0.6 is 0 Å². The van der Waals surface area contributed by atoms with Crippen molar-refractivity contribution < 1.29 is 0 Å². The third kappa shape index (κ3) is 1.61. The van der Waals surface area contributed by atoms with Gasteiger partial charge in [0.25, 0.3) is 5.84 Å². The molecule has 70 valence electrons. The van der Waals surface area contributed by atoms with Crippen molar-refractivity contribution in [2.24, 2.45) is 17.2 Å². The molecule has 0 rings (SSSR count). The van der Waals surface area contributed by atoms with Gasteiger partial charge in [-0.25, -0.2) is 0 Å². The molecule has 0 amide bonds. The number of nitrogens with two attached hydrogens (primary N) is 3. The van der Waals surface area contributed by atoms with Gasteiger partial charge in [-0.2, -0.15) is 15.9 Å². The summed E-state index contributed by atoms with van der Waals surface area (Å²) in [6, 6.07) is 2.96. The van der Waals surface area contributed by atoms with Crippen LogP contribution in [0.1, 0.15) is 0 Å². The minimum atomic E-state index is -2.12. The van der Waals surface area contributed by atoms with Crippen molar-refractivity contribution in [2.45, 2.75) is 5.54 Å². The molecule has 0 radical (unpaired) electrons. The Kier molecular flexibility index (Phi) is 3.19. The Bertz CT molecular complexity index is 413. The lowest BCUT2D eigenvalue weighted by molar-refractivity contribution is 0.800. The molecular formula is C7H7N7. The molecule has 0 fully saturated rings. The zero-order valence-electron chi connectivity index (χ0n) is 7.07. The monoisotopic (exact) mass is 189 g/mol. The van der Waals surface area contributed by atoms with Crippen molar-refractivity contribution in [1.29, 1.82) is 15.9 Å². The van der Waals surface area contributed by atoms with E-state index in [0.717, 1.165) is 0 Å². The molecule has 7 N–H and O–H groups in total. The summed E-state index contributed by atoms with van der Waals surface area (Å²) >= 11 is 0. The fourth-order valence-electron chi connectivity index (χ4n) is 0.602. The second kappa shape index (κ2) is 3.90. The molecule has 7 nitrogen and oxygen atoms in total. The van der Waals surface area contributed by atoms with Crippen LogP contribution in [0.2, 0.25) is 0 Å². The van der Waals surface area contributed by atoms with Crippen LogP contribution < -0.4 is 17.2 Å². The second-order valence-electron chi connectivity index (χ2n) is 2.32. The van der Waals surface area contributed by atoms with E-state index in [1.807, 2.05) is 0 Å². The Balaban J connectivity index is 5.58. The molecule has 0 spiro atoms. The van der Waals surface area contributed by atoms with Gasteiger partial charge in [-0.05, 0) is 0 Å². The summed E-state index contributed by atoms with van der Waals surface area (Å²) < 4.78 is 0. The summed E-state index contributed by atoms with van der Waals surface area (Å²) in [4.78, 5) is 2.68. The molecule has 0 bridgehead atoms. The van der Waals surface area contributed by atoms with Crippen molar-refractivity contribution in [1.82, 2.24) is 0 Å². The summed E-state index contributed by atoms with van der Waals surface area (Å²) in [7, 11) is 0. The van der Waals surface area contributed by atoms with E-state index in [1.54, 1.807) is 0 Å². The normalized spacial score (nSPS) is 15.0. The van der Waals surface area contributed by atoms with Gasteiger partial charge in [0, 0.05) is 0 Å². The van der Waals surface area contributed by atoms with Crippen LogP contribution in [-0.2, 0) is 0 Å². The number of hydrogen-bond acceptors (Lipinski definition) is 6. The molecule has 0 saturated carbocycles. The van der Waals surface area contributed by atoms with Gasteiger partial charge in [0.15, 0.2) is 5.54 Å². The van der Waals surface area contributed by atoms with E-state index in [2.05, 4.69) is 4.85 Å². The van der Waals surface area contributed by atoms with E-state index >= 15 is 0 Å². The van der Waals surface area contributed by atoms with Gasteiger partial charge >= 0.3 is 0 Å². The number of allylic oxidation sites excluding steroid dienone is 1. The van der Waals surface area contributed by atoms with Crippen LogP contribution in [0.5, 0.6) is 0 Å². The van der Waals surface area contributed by atoms with Crippen LogP contribution in [0.4, 0.5) is 0 Å². The predicted octanol–water partition coefficient (Wildman–Crippen LogP) is -1.24. The number of rotatable bonds is 2. The quantitative estimate of drug-likeness (QED) is 0.185. The molecular weight excluding hydrogens is 182 g/mol. The lowest BCUT2D eigenvalue weighted by Gasteiger charge is -2.19. The standard InChI is InChI=1S/C7H7N7/c1-14-6(12)7(13,3-9)5(11)4(10)2-8/h12H,10-11,13H2/b5-4-,12-6?. The van der Waals surface area contributed by atoms with E-state index in [1.165, 1.54) is 12.1 Å². The predicted molar refractivity (Wildman–Crippen MR) is 47.9 cm³/mol. The molecule has 0 heterocycles. The van der Waals surface area contributed by atoms with Gasteiger partial charge in [0.1, 0.15) is 11.8 Å². The third-order valence-corrected chi connectivity index (χ3v) is 1.50. The number of amidine groups is 1. The minimum Gasteiger partial charge on any atom is -0.398 e. The van der Waals surface area contributed by atoms with Crippen molar-refractivity contribution in [2.75, 3.05) is 0 Å². The summed E-state index contributed by atoms with van der Waals surface area (Å²) in [5.41, 5.74) is 12.7. The highest BCUT2D eigenvalue weighted by molar-refractivity contribution is 6.02. The van der Waals surface area contributed by atoms with E-state index in [4.69, 9.17) is 39.7 Å². The Labute approximate surface area is 80.3 Å². The molecule has 1 unspecified atom stereocenters. The molecule has 0 aromatic heterocycles. The smallest absolute Gasteiger partial charge is 0.278 e. The van der Waals surface area contributed by atoms with Gasteiger partial charge in [-0.15, -0.1) is 0 Å². The van der Waals surface area contributed by atoms with E-state index in [0.29, 0.717) is 0 Å². The van der Waals surface area contributed by atoms with Gasteiger partial charge in [-0.3, -0.25) is 0 Å². The van der Waals surface area contributed by atoms with Gasteiger partial charge in [0.2, 0.25) is 0 Å². The highest BCUT2D eigenvalue weighted by atomic mass is 15.0. The molecule has 0 aromatic rings. The summed E-state index contributed by atoms with van der Waals surface area (Å²) in [5, 5.41) is 24.2. The molecule has 1 atom stereocenters. The largest absolute Gasteiger partial charge is 0.398 e. The number of nitriles is 2. The fraction of sp³-hybridized carbons (Fsp3) is 0.143. The Morgan fingerprint density at radius 2 is 1.93 bits per heavy atom. The average Bonchev–Trinajstić information content (AvgIpc) is 2.24.